The highest BCUT2D eigenvalue weighted by atomic mass is 19.1. The highest BCUT2D eigenvalue weighted by molar-refractivity contribution is 5.97. The Morgan fingerprint density at radius 1 is 0.912 bits per heavy atom. The first-order chi connectivity index (χ1) is 16.6. The van der Waals surface area contributed by atoms with E-state index in [4.69, 9.17) is 4.74 Å². The van der Waals surface area contributed by atoms with Crippen molar-refractivity contribution < 1.29 is 18.7 Å². The number of carbonyl (C=O) groups excluding carboxylic acids is 2. The lowest BCUT2D eigenvalue weighted by atomic mass is 9.74. The van der Waals surface area contributed by atoms with Crippen molar-refractivity contribution in [2.45, 2.75) is 30.7 Å². The maximum absolute atomic E-state index is 14.0. The average molecular weight is 461 g/mol. The second kappa shape index (κ2) is 11.1. The van der Waals surface area contributed by atoms with Crippen LogP contribution < -0.4 is 10.6 Å². The Hall–Kier alpha value is -3.51. The van der Waals surface area contributed by atoms with Crippen molar-refractivity contribution >= 4 is 11.8 Å². The number of rotatable bonds is 8. The number of benzene rings is 3. The molecule has 0 spiro atoms. The fraction of sp³-hybridized carbons (Fsp3) is 0.286. The van der Waals surface area contributed by atoms with Crippen LogP contribution in [0.1, 0.15) is 34.3 Å². The second-order valence-corrected chi connectivity index (χ2v) is 8.70. The predicted molar refractivity (Wildman–Crippen MR) is 129 cm³/mol. The van der Waals surface area contributed by atoms with Crippen molar-refractivity contribution in [2.75, 3.05) is 19.8 Å². The fourth-order valence-electron chi connectivity index (χ4n) is 4.42. The predicted octanol–water partition coefficient (Wildman–Crippen LogP) is 4.03. The molecule has 34 heavy (non-hydrogen) atoms. The molecule has 1 atom stereocenters. The maximum Gasteiger partial charge on any atom is 0.251 e. The normalized spacial score (nSPS) is 15.8. The van der Waals surface area contributed by atoms with Gasteiger partial charge >= 0.3 is 0 Å². The van der Waals surface area contributed by atoms with Crippen LogP contribution >= 0.6 is 0 Å². The number of hydrogen-bond acceptors (Lipinski definition) is 3. The smallest absolute Gasteiger partial charge is 0.251 e. The minimum atomic E-state index is -0.750. The molecule has 2 amide bonds. The Kier molecular flexibility index (Phi) is 7.70. The first-order valence-corrected chi connectivity index (χ1v) is 11.6. The molecule has 3 aromatic carbocycles. The van der Waals surface area contributed by atoms with Crippen molar-refractivity contribution in [1.82, 2.24) is 10.6 Å². The Morgan fingerprint density at radius 2 is 1.59 bits per heavy atom. The topological polar surface area (TPSA) is 67.4 Å². The zero-order valence-electron chi connectivity index (χ0n) is 19.0. The van der Waals surface area contributed by atoms with E-state index in [2.05, 4.69) is 10.6 Å². The van der Waals surface area contributed by atoms with Gasteiger partial charge < -0.3 is 15.4 Å². The number of nitrogens with one attached hydrogen (secondary N) is 2. The van der Waals surface area contributed by atoms with E-state index in [1.807, 2.05) is 42.5 Å². The fourth-order valence-corrected chi connectivity index (χ4v) is 4.42. The monoisotopic (exact) mass is 460 g/mol. The molecule has 1 saturated heterocycles. The number of carbonyl (C=O) groups is 2. The van der Waals surface area contributed by atoms with Crippen molar-refractivity contribution in [3.05, 3.63) is 107 Å². The minimum absolute atomic E-state index is 0.268. The van der Waals surface area contributed by atoms with Crippen molar-refractivity contribution in [2.24, 2.45) is 0 Å². The van der Waals surface area contributed by atoms with E-state index in [9.17, 15) is 14.0 Å². The van der Waals surface area contributed by atoms with E-state index in [1.165, 1.54) is 12.1 Å². The maximum atomic E-state index is 14.0. The summed E-state index contributed by atoms with van der Waals surface area (Å²) in [6, 6.07) is 24.2. The van der Waals surface area contributed by atoms with Gasteiger partial charge in [-0.25, -0.2) is 4.39 Å². The number of amides is 2. The summed E-state index contributed by atoms with van der Waals surface area (Å²) in [6.07, 6.45) is 1.72. The molecule has 0 aliphatic carbocycles. The molecule has 4 rings (SSSR count). The molecule has 0 bridgehead atoms. The van der Waals surface area contributed by atoms with Gasteiger partial charge in [-0.3, -0.25) is 9.59 Å². The average Bonchev–Trinajstić information content (AvgIpc) is 2.88. The SMILES string of the molecule is O=C(N[C@H](Cc1ccccc1)C(=O)NCC1(c2cccc(F)c2)CCOCC1)c1ccccc1. The van der Waals surface area contributed by atoms with Gasteiger partial charge in [0.05, 0.1) is 0 Å². The Balaban J connectivity index is 1.52. The summed E-state index contributed by atoms with van der Waals surface area (Å²) >= 11 is 0. The third-order valence-electron chi connectivity index (χ3n) is 6.43. The molecule has 1 aliphatic rings. The molecule has 1 aliphatic heterocycles. The summed E-state index contributed by atoms with van der Waals surface area (Å²) < 4.78 is 19.5. The van der Waals surface area contributed by atoms with Gasteiger partial charge in [0.1, 0.15) is 11.9 Å². The molecule has 0 unspecified atom stereocenters. The zero-order valence-corrected chi connectivity index (χ0v) is 19.0. The van der Waals surface area contributed by atoms with Crippen LogP contribution in [-0.2, 0) is 21.4 Å². The van der Waals surface area contributed by atoms with Crippen LogP contribution in [-0.4, -0.2) is 37.6 Å². The van der Waals surface area contributed by atoms with Crippen LogP contribution in [0.25, 0.3) is 0 Å². The van der Waals surface area contributed by atoms with E-state index in [0.717, 1.165) is 11.1 Å². The molecule has 2 N–H and O–H groups in total. The van der Waals surface area contributed by atoms with Crippen molar-refractivity contribution in [1.29, 1.82) is 0 Å². The summed E-state index contributed by atoms with van der Waals surface area (Å²) in [4.78, 5) is 26.2. The van der Waals surface area contributed by atoms with E-state index in [0.29, 0.717) is 44.6 Å². The van der Waals surface area contributed by atoms with Gasteiger partial charge in [-0.1, -0.05) is 60.7 Å². The molecule has 1 heterocycles. The molecule has 5 nitrogen and oxygen atoms in total. The Bertz CT molecular complexity index is 1100. The standard InChI is InChI=1S/C28H29FN2O3/c29-24-13-7-12-23(19-24)28(14-16-34-17-15-28)20-30-27(33)25(18-21-8-3-1-4-9-21)31-26(32)22-10-5-2-6-11-22/h1-13,19,25H,14-18,20H2,(H,30,33)(H,31,32)/t25-/m1/s1. The van der Waals surface area contributed by atoms with Gasteiger partial charge in [0, 0.05) is 37.2 Å². The van der Waals surface area contributed by atoms with Crippen molar-refractivity contribution in [3.63, 3.8) is 0 Å². The molecule has 0 saturated carbocycles. The van der Waals surface area contributed by atoms with Crippen LogP contribution in [0.4, 0.5) is 4.39 Å². The number of halogens is 1. The third-order valence-corrected chi connectivity index (χ3v) is 6.43. The van der Waals surface area contributed by atoms with Crippen LogP contribution in [0.15, 0.2) is 84.9 Å². The molecule has 6 heteroatoms. The summed E-state index contributed by atoms with van der Waals surface area (Å²) in [5.74, 6) is -0.871. The Morgan fingerprint density at radius 3 is 2.26 bits per heavy atom. The highest BCUT2D eigenvalue weighted by Gasteiger charge is 2.36. The van der Waals surface area contributed by atoms with E-state index in [-0.39, 0.29) is 17.6 Å². The zero-order chi connectivity index (χ0) is 23.8. The van der Waals surface area contributed by atoms with Gasteiger partial charge in [0.25, 0.3) is 5.91 Å². The molecule has 3 aromatic rings. The summed E-state index contributed by atoms with van der Waals surface area (Å²) in [7, 11) is 0. The molecular weight excluding hydrogens is 431 g/mol. The van der Waals surface area contributed by atoms with E-state index < -0.39 is 11.5 Å². The first-order valence-electron chi connectivity index (χ1n) is 11.6. The van der Waals surface area contributed by atoms with Crippen LogP contribution in [0.2, 0.25) is 0 Å². The molecule has 1 fully saturated rings. The summed E-state index contributed by atoms with van der Waals surface area (Å²) in [5, 5.41) is 5.95. The lowest BCUT2D eigenvalue weighted by Gasteiger charge is -2.38. The van der Waals surface area contributed by atoms with Crippen LogP contribution in [0, 0.1) is 5.82 Å². The molecule has 176 valence electrons. The number of ether oxygens (including phenoxy) is 1. The van der Waals surface area contributed by atoms with Gasteiger partial charge in [-0.2, -0.15) is 0 Å². The van der Waals surface area contributed by atoms with Gasteiger partial charge in [0.2, 0.25) is 5.91 Å². The van der Waals surface area contributed by atoms with E-state index in [1.54, 1.807) is 30.3 Å². The summed E-state index contributed by atoms with van der Waals surface area (Å²) in [5.41, 5.74) is 1.87. The van der Waals surface area contributed by atoms with Crippen molar-refractivity contribution in [3.8, 4) is 0 Å². The molecular formula is C28H29FN2O3. The second-order valence-electron chi connectivity index (χ2n) is 8.70. The lowest BCUT2D eigenvalue weighted by Crippen LogP contribution is -2.52. The third kappa shape index (κ3) is 5.88. The highest BCUT2D eigenvalue weighted by Crippen LogP contribution is 2.34. The van der Waals surface area contributed by atoms with Crippen LogP contribution in [0.3, 0.4) is 0 Å². The largest absolute Gasteiger partial charge is 0.381 e. The minimum Gasteiger partial charge on any atom is -0.381 e. The number of hydrogen-bond donors (Lipinski definition) is 2. The first kappa shape index (κ1) is 23.6. The molecule has 0 aromatic heterocycles. The van der Waals surface area contributed by atoms with E-state index >= 15 is 0 Å². The Labute approximate surface area is 199 Å². The quantitative estimate of drug-likeness (QED) is 0.533. The van der Waals surface area contributed by atoms with Gasteiger partial charge in [-0.15, -0.1) is 0 Å². The lowest BCUT2D eigenvalue weighted by molar-refractivity contribution is -0.123. The van der Waals surface area contributed by atoms with Gasteiger partial charge in [0.15, 0.2) is 0 Å². The van der Waals surface area contributed by atoms with Gasteiger partial charge in [-0.05, 0) is 48.2 Å². The molecule has 0 radical (unpaired) electrons. The van der Waals surface area contributed by atoms with Crippen LogP contribution in [0.5, 0.6) is 0 Å². The summed E-state index contributed by atoms with van der Waals surface area (Å²) in [6.45, 7) is 1.43.